The number of carbonyl (C=O) groups excluding carboxylic acids is 2. The molecule has 0 atom stereocenters. The van der Waals surface area contributed by atoms with Gasteiger partial charge in [-0.1, -0.05) is 17.3 Å². The molecule has 3 rings (SSSR count). The zero-order chi connectivity index (χ0) is 21.0. The van der Waals surface area contributed by atoms with E-state index in [9.17, 15) is 14.0 Å². The van der Waals surface area contributed by atoms with E-state index in [1.807, 2.05) is 13.8 Å². The second-order valence-corrected chi connectivity index (χ2v) is 6.94. The van der Waals surface area contributed by atoms with Crippen molar-refractivity contribution in [2.24, 2.45) is 0 Å². The number of nitrogens with zero attached hydrogens (tertiary/aromatic N) is 4. The van der Waals surface area contributed by atoms with Crippen molar-refractivity contribution in [1.29, 1.82) is 0 Å². The Morgan fingerprint density at radius 2 is 1.93 bits per heavy atom. The monoisotopic (exact) mass is 464 g/mol. The summed E-state index contributed by atoms with van der Waals surface area (Å²) in [4.78, 5) is 28.0. The SMILES string of the molecule is Cc1nn(CC(=O)NCCNC(=O)c2nc(-c3ccccc3F)no2)c(C)c1Br. The van der Waals surface area contributed by atoms with Gasteiger partial charge in [0.25, 0.3) is 0 Å². The van der Waals surface area contributed by atoms with Crippen molar-refractivity contribution < 1.29 is 18.5 Å². The standard InChI is InChI=1S/C18H18BrFN6O3/c1-10-15(19)11(2)26(24-10)9-14(27)21-7-8-22-17(28)18-23-16(25-29-18)12-5-3-4-6-13(12)20/h3-6H,7-9H2,1-2H3,(H,21,27)(H,22,28). The maximum Gasteiger partial charge on any atom is 0.316 e. The zero-order valence-corrected chi connectivity index (χ0v) is 17.3. The number of rotatable bonds is 7. The number of amides is 2. The highest BCUT2D eigenvalue weighted by molar-refractivity contribution is 9.10. The summed E-state index contributed by atoms with van der Waals surface area (Å²) in [6, 6.07) is 5.91. The van der Waals surface area contributed by atoms with E-state index in [0.29, 0.717) is 0 Å². The van der Waals surface area contributed by atoms with Crippen LogP contribution >= 0.6 is 15.9 Å². The number of hydrogen-bond acceptors (Lipinski definition) is 6. The summed E-state index contributed by atoms with van der Waals surface area (Å²) in [5, 5.41) is 13.1. The predicted octanol–water partition coefficient (Wildman–Crippen LogP) is 2.00. The average molecular weight is 465 g/mol. The first-order chi connectivity index (χ1) is 13.9. The Labute approximate surface area is 173 Å². The molecular formula is C18H18BrFN6O3. The first kappa shape index (κ1) is 20.6. The summed E-state index contributed by atoms with van der Waals surface area (Å²) in [6.07, 6.45) is 0. The van der Waals surface area contributed by atoms with E-state index in [2.05, 4.69) is 41.8 Å². The minimum Gasteiger partial charge on any atom is -0.353 e. The maximum absolute atomic E-state index is 13.7. The van der Waals surface area contributed by atoms with Crippen LogP contribution in [-0.4, -0.2) is 44.8 Å². The number of halogens is 2. The van der Waals surface area contributed by atoms with Crippen LogP contribution in [-0.2, 0) is 11.3 Å². The molecule has 2 aromatic heterocycles. The molecular weight excluding hydrogens is 447 g/mol. The molecule has 0 aliphatic carbocycles. The van der Waals surface area contributed by atoms with Crippen molar-refractivity contribution in [3.8, 4) is 11.4 Å². The molecule has 0 saturated heterocycles. The molecule has 2 heterocycles. The minimum absolute atomic E-state index is 0.0161. The van der Waals surface area contributed by atoms with Crippen molar-refractivity contribution in [2.45, 2.75) is 20.4 Å². The second-order valence-electron chi connectivity index (χ2n) is 6.15. The van der Waals surface area contributed by atoms with E-state index < -0.39 is 11.7 Å². The summed E-state index contributed by atoms with van der Waals surface area (Å²) in [5.41, 5.74) is 1.79. The fourth-order valence-electron chi connectivity index (χ4n) is 2.54. The van der Waals surface area contributed by atoms with E-state index in [0.717, 1.165) is 15.9 Å². The summed E-state index contributed by atoms with van der Waals surface area (Å²) in [7, 11) is 0. The summed E-state index contributed by atoms with van der Waals surface area (Å²) in [6.45, 7) is 4.14. The van der Waals surface area contributed by atoms with Gasteiger partial charge in [-0.2, -0.15) is 10.1 Å². The van der Waals surface area contributed by atoms with Crippen LogP contribution in [0.5, 0.6) is 0 Å². The number of aryl methyl sites for hydroxylation is 1. The van der Waals surface area contributed by atoms with Gasteiger partial charge in [-0.15, -0.1) is 0 Å². The van der Waals surface area contributed by atoms with Crippen molar-refractivity contribution in [3.63, 3.8) is 0 Å². The summed E-state index contributed by atoms with van der Waals surface area (Å²) >= 11 is 3.41. The van der Waals surface area contributed by atoms with E-state index in [1.54, 1.807) is 10.7 Å². The van der Waals surface area contributed by atoms with Crippen LogP contribution in [0.1, 0.15) is 22.1 Å². The third kappa shape index (κ3) is 4.86. The Morgan fingerprint density at radius 1 is 1.21 bits per heavy atom. The number of carbonyl (C=O) groups is 2. The highest BCUT2D eigenvalue weighted by Crippen LogP contribution is 2.20. The molecule has 1 aromatic carbocycles. The van der Waals surface area contributed by atoms with E-state index in [4.69, 9.17) is 4.52 Å². The Kier molecular flexibility index (Phi) is 6.37. The van der Waals surface area contributed by atoms with E-state index in [-0.39, 0.29) is 42.8 Å². The molecule has 9 nitrogen and oxygen atoms in total. The fraction of sp³-hybridized carbons (Fsp3) is 0.278. The lowest BCUT2D eigenvalue weighted by molar-refractivity contribution is -0.121. The van der Waals surface area contributed by atoms with Gasteiger partial charge in [0.15, 0.2) is 0 Å². The third-order valence-electron chi connectivity index (χ3n) is 4.05. The lowest BCUT2D eigenvalue weighted by Crippen LogP contribution is -2.36. The number of benzene rings is 1. The van der Waals surface area contributed by atoms with Crippen molar-refractivity contribution in [3.05, 3.63) is 51.8 Å². The van der Waals surface area contributed by atoms with E-state index in [1.165, 1.54) is 18.2 Å². The van der Waals surface area contributed by atoms with Crippen LogP contribution in [0.2, 0.25) is 0 Å². The number of hydrogen-bond donors (Lipinski definition) is 2. The van der Waals surface area contributed by atoms with Gasteiger partial charge >= 0.3 is 11.8 Å². The van der Waals surface area contributed by atoms with Crippen LogP contribution in [0.3, 0.4) is 0 Å². The molecule has 2 amide bonds. The van der Waals surface area contributed by atoms with Gasteiger partial charge in [0, 0.05) is 13.1 Å². The van der Waals surface area contributed by atoms with Crippen LogP contribution in [0.25, 0.3) is 11.4 Å². The Balaban J connectivity index is 1.46. The molecule has 3 aromatic rings. The lowest BCUT2D eigenvalue weighted by atomic mass is 10.2. The van der Waals surface area contributed by atoms with Crippen LogP contribution in [0.15, 0.2) is 33.3 Å². The van der Waals surface area contributed by atoms with Gasteiger partial charge in [-0.3, -0.25) is 14.3 Å². The quantitative estimate of drug-likeness (QED) is 0.516. The molecule has 11 heteroatoms. The molecule has 152 valence electrons. The lowest BCUT2D eigenvalue weighted by Gasteiger charge is -2.07. The number of aromatic nitrogens is 4. The molecule has 0 radical (unpaired) electrons. The topological polar surface area (TPSA) is 115 Å². The van der Waals surface area contributed by atoms with Gasteiger partial charge < -0.3 is 15.2 Å². The number of nitrogens with one attached hydrogen (secondary N) is 2. The molecule has 29 heavy (non-hydrogen) atoms. The van der Waals surface area contributed by atoms with Crippen molar-refractivity contribution >= 4 is 27.7 Å². The Hall–Kier alpha value is -3.08. The normalized spacial score (nSPS) is 10.8. The smallest absolute Gasteiger partial charge is 0.316 e. The highest BCUT2D eigenvalue weighted by atomic mass is 79.9. The van der Waals surface area contributed by atoms with Crippen LogP contribution in [0.4, 0.5) is 4.39 Å². The largest absolute Gasteiger partial charge is 0.353 e. The molecule has 2 N–H and O–H groups in total. The van der Waals surface area contributed by atoms with Gasteiger partial charge in [0.1, 0.15) is 12.4 Å². The first-order valence-electron chi connectivity index (χ1n) is 8.70. The Bertz CT molecular complexity index is 1050. The molecule has 0 aliphatic rings. The predicted molar refractivity (Wildman–Crippen MR) is 104 cm³/mol. The fourth-order valence-corrected chi connectivity index (χ4v) is 2.83. The van der Waals surface area contributed by atoms with Gasteiger partial charge in [-0.25, -0.2) is 4.39 Å². The van der Waals surface area contributed by atoms with E-state index >= 15 is 0 Å². The molecule has 0 bridgehead atoms. The zero-order valence-electron chi connectivity index (χ0n) is 15.7. The Morgan fingerprint density at radius 3 is 2.62 bits per heavy atom. The van der Waals surface area contributed by atoms with Crippen molar-refractivity contribution in [1.82, 2.24) is 30.6 Å². The minimum atomic E-state index is -0.614. The molecule has 0 spiro atoms. The first-order valence-corrected chi connectivity index (χ1v) is 9.49. The molecule has 0 saturated carbocycles. The summed E-state index contributed by atoms with van der Waals surface area (Å²) in [5.74, 6) is -1.67. The van der Waals surface area contributed by atoms with Crippen LogP contribution in [0, 0.1) is 19.7 Å². The molecule has 0 unspecified atom stereocenters. The van der Waals surface area contributed by atoms with Gasteiger partial charge in [0.05, 0.1) is 21.4 Å². The summed E-state index contributed by atoms with van der Waals surface area (Å²) < 4.78 is 21.1. The average Bonchev–Trinajstić information content (AvgIpc) is 3.27. The maximum atomic E-state index is 13.7. The second kappa shape index (κ2) is 8.95. The van der Waals surface area contributed by atoms with Crippen molar-refractivity contribution in [2.75, 3.05) is 13.1 Å². The van der Waals surface area contributed by atoms with Gasteiger partial charge in [-0.05, 0) is 41.9 Å². The highest BCUT2D eigenvalue weighted by Gasteiger charge is 2.17. The third-order valence-corrected chi connectivity index (χ3v) is 5.20. The van der Waals surface area contributed by atoms with Crippen LogP contribution < -0.4 is 10.6 Å². The molecule has 0 fully saturated rings. The molecule has 0 aliphatic heterocycles. The van der Waals surface area contributed by atoms with Gasteiger partial charge in [0.2, 0.25) is 11.7 Å².